The monoisotopic (exact) mass is 464 g/mol. The topological polar surface area (TPSA) is 92.9 Å². The SMILES string of the molecule is COc1cc(-c2nnc(COC(=O)C=Cc3cccc(Cl)c3Cl)o2)cc(OC)c1OC. The Morgan fingerprint density at radius 2 is 1.77 bits per heavy atom. The van der Waals surface area contributed by atoms with E-state index in [1.807, 2.05) is 0 Å². The van der Waals surface area contributed by atoms with Gasteiger partial charge in [0, 0.05) is 11.6 Å². The van der Waals surface area contributed by atoms with Gasteiger partial charge in [-0.3, -0.25) is 0 Å². The van der Waals surface area contributed by atoms with Gasteiger partial charge in [0.05, 0.1) is 31.4 Å². The molecule has 0 aliphatic rings. The van der Waals surface area contributed by atoms with Crippen LogP contribution in [0.15, 0.2) is 40.8 Å². The van der Waals surface area contributed by atoms with Crippen molar-refractivity contribution < 1.29 is 28.2 Å². The molecule has 0 fully saturated rings. The molecule has 0 aliphatic carbocycles. The summed E-state index contributed by atoms with van der Waals surface area (Å²) in [4.78, 5) is 12.0. The summed E-state index contributed by atoms with van der Waals surface area (Å²) in [6, 6.07) is 8.44. The van der Waals surface area contributed by atoms with Crippen molar-refractivity contribution in [3.63, 3.8) is 0 Å². The van der Waals surface area contributed by atoms with E-state index in [4.69, 9.17) is 46.6 Å². The van der Waals surface area contributed by atoms with E-state index in [1.165, 1.54) is 33.5 Å². The molecule has 0 amide bonds. The van der Waals surface area contributed by atoms with Crippen molar-refractivity contribution in [1.29, 1.82) is 0 Å². The largest absolute Gasteiger partial charge is 0.493 e. The fraction of sp³-hybridized carbons (Fsp3) is 0.190. The number of hydrogen-bond acceptors (Lipinski definition) is 8. The van der Waals surface area contributed by atoms with Crippen LogP contribution in [0.2, 0.25) is 10.0 Å². The van der Waals surface area contributed by atoms with Crippen LogP contribution >= 0.6 is 23.2 Å². The molecule has 1 heterocycles. The maximum absolute atomic E-state index is 12.0. The first-order valence-corrected chi connectivity index (χ1v) is 9.64. The van der Waals surface area contributed by atoms with Crippen molar-refractivity contribution in [3.05, 3.63) is 57.9 Å². The van der Waals surface area contributed by atoms with Crippen LogP contribution in [0.1, 0.15) is 11.5 Å². The van der Waals surface area contributed by atoms with E-state index in [2.05, 4.69) is 10.2 Å². The lowest BCUT2D eigenvalue weighted by atomic mass is 10.2. The zero-order valence-electron chi connectivity index (χ0n) is 16.8. The van der Waals surface area contributed by atoms with Gasteiger partial charge in [0.15, 0.2) is 18.1 Å². The van der Waals surface area contributed by atoms with Gasteiger partial charge in [-0.05, 0) is 29.8 Å². The van der Waals surface area contributed by atoms with Crippen LogP contribution < -0.4 is 14.2 Å². The predicted molar refractivity (Wildman–Crippen MR) is 115 cm³/mol. The van der Waals surface area contributed by atoms with Crippen LogP contribution in [0.4, 0.5) is 0 Å². The summed E-state index contributed by atoms with van der Waals surface area (Å²) in [6.45, 7) is -0.204. The number of methoxy groups -OCH3 is 3. The molecule has 3 aromatic rings. The summed E-state index contributed by atoms with van der Waals surface area (Å²) in [5.74, 6) is 1.02. The van der Waals surface area contributed by atoms with Gasteiger partial charge in [0.25, 0.3) is 5.89 Å². The summed E-state index contributed by atoms with van der Waals surface area (Å²) in [7, 11) is 4.52. The lowest BCUT2D eigenvalue weighted by Gasteiger charge is -2.12. The normalized spacial score (nSPS) is 10.9. The van der Waals surface area contributed by atoms with Crippen molar-refractivity contribution in [2.45, 2.75) is 6.61 Å². The minimum atomic E-state index is -0.608. The number of benzene rings is 2. The minimum Gasteiger partial charge on any atom is -0.493 e. The van der Waals surface area contributed by atoms with Crippen LogP contribution in [-0.2, 0) is 16.1 Å². The average Bonchev–Trinajstić information content (AvgIpc) is 3.26. The number of carbonyl (C=O) groups is 1. The Morgan fingerprint density at radius 3 is 2.42 bits per heavy atom. The second-order valence-electron chi connectivity index (χ2n) is 6.00. The molecule has 0 saturated carbocycles. The zero-order chi connectivity index (χ0) is 22.4. The van der Waals surface area contributed by atoms with Crippen LogP contribution in [0.25, 0.3) is 17.5 Å². The van der Waals surface area contributed by atoms with E-state index in [0.717, 1.165) is 0 Å². The summed E-state index contributed by atoms with van der Waals surface area (Å²) in [5, 5.41) is 8.61. The molecule has 0 radical (unpaired) electrons. The molecule has 162 valence electrons. The second kappa shape index (κ2) is 10.2. The van der Waals surface area contributed by atoms with Gasteiger partial charge < -0.3 is 23.4 Å². The molecule has 0 bridgehead atoms. The molecule has 8 nitrogen and oxygen atoms in total. The number of halogens is 2. The van der Waals surface area contributed by atoms with Crippen LogP contribution in [0.5, 0.6) is 17.2 Å². The van der Waals surface area contributed by atoms with Crippen LogP contribution in [0.3, 0.4) is 0 Å². The van der Waals surface area contributed by atoms with Gasteiger partial charge in [-0.15, -0.1) is 10.2 Å². The lowest BCUT2D eigenvalue weighted by molar-refractivity contribution is -0.139. The maximum atomic E-state index is 12.0. The molecule has 1 aromatic heterocycles. The molecule has 0 atom stereocenters. The Kier molecular flexibility index (Phi) is 7.38. The van der Waals surface area contributed by atoms with Gasteiger partial charge >= 0.3 is 5.97 Å². The van der Waals surface area contributed by atoms with Gasteiger partial charge in [-0.1, -0.05) is 35.3 Å². The third-order valence-corrected chi connectivity index (χ3v) is 4.93. The van der Waals surface area contributed by atoms with Crippen molar-refractivity contribution in [2.75, 3.05) is 21.3 Å². The van der Waals surface area contributed by atoms with Gasteiger partial charge in [-0.2, -0.15) is 0 Å². The molecule has 0 aliphatic heterocycles. The third kappa shape index (κ3) is 5.28. The Balaban J connectivity index is 1.68. The highest BCUT2D eigenvalue weighted by atomic mass is 35.5. The third-order valence-electron chi connectivity index (χ3n) is 4.10. The summed E-state index contributed by atoms with van der Waals surface area (Å²) in [6.07, 6.45) is 2.74. The second-order valence-corrected chi connectivity index (χ2v) is 6.78. The molecule has 0 N–H and O–H groups in total. The van der Waals surface area contributed by atoms with Gasteiger partial charge in [-0.25, -0.2) is 4.79 Å². The van der Waals surface area contributed by atoms with Gasteiger partial charge in [0.2, 0.25) is 11.6 Å². The number of carbonyl (C=O) groups excluding carboxylic acids is 1. The van der Waals surface area contributed by atoms with E-state index in [0.29, 0.717) is 38.4 Å². The van der Waals surface area contributed by atoms with E-state index < -0.39 is 5.97 Å². The average molecular weight is 465 g/mol. The number of esters is 1. The first kappa shape index (κ1) is 22.5. The van der Waals surface area contributed by atoms with Crippen LogP contribution in [-0.4, -0.2) is 37.5 Å². The summed E-state index contributed by atoms with van der Waals surface area (Å²) in [5.41, 5.74) is 1.14. The number of nitrogens with zero attached hydrogens (tertiary/aromatic N) is 2. The van der Waals surface area contributed by atoms with E-state index >= 15 is 0 Å². The highest BCUT2D eigenvalue weighted by molar-refractivity contribution is 6.42. The van der Waals surface area contributed by atoms with E-state index in [1.54, 1.807) is 30.3 Å². The quantitative estimate of drug-likeness (QED) is 0.345. The fourth-order valence-corrected chi connectivity index (χ4v) is 2.99. The molecule has 31 heavy (non-hydrogen) atoms. The Bertz CT molecular complexity index is 1090. The predicted octanol–water partition coefficient (Wildman–Crippen LogP) is 4.83. The molecule has 0 spiro atoms. The number of ether oxygens (including phenoxy) is 4. The smallest absolute Gasteiger partial charge is 0.331 e. The molecule has 0 unspecified atom stereocenters. The first-order valence-electron chi connectivity index (χ1n) is 8.88. The molecule has 10 heteroatoms. The maximum Gasteiger partial charge on any atom is 0.331 e. The summed E-state index contributed by atoms with van der Waals surface area (Å²) >= 11 is 12.0. The van der Waals surface area contributed by atoms with E-state index in [9.17, 15) is 4.79 Å². The Morgan fingerprint density at radius 1 is 1.06 bits per heavy atom. The molecular weight excluding hydrogens is 447 g/mol. The van der Waals surface area contributed by atoms with Crippen molar-refractivity contribution in [2.24, 2.45) is 0 Å². The molecule has 2 aromatic carbocycles. The van der Waals surface area contributed by atoms with E-state index in [-0.39, 0.29) is 18.4 Å². The fourth-order valence-electron chi connectivity index (χ4n) is 2.62. The van der Waals surface area contributed by atoms with Crippen molar-refractivity contribution >= 4 is 35.2 Å². The first-order chi connectivity index (χ1) is 15.0. The van der Waals surface area contributed by atoms with Gasteiger partial charge in [0.1, 0.15) is 0 Å². The van der Waals surface area contributed by atoms with Crippen LogP contribution in [0, 0.1) is 0 Å². The highest BCUT2D eigenvalue weighted by Crippen LogP contribution is 2.40. The number of hydrogen-bond donors (Lipinski definition) is 0. The zero-order valence-corrected chi connectivity index (χ0v) is 18.4. The molecule has 0 saturated heterocycles. The minimum absolute atomic E-state index is 0.117. The molecular formula is C21H18Cl2N2O6. The highest BCUT2D eigenvalue weighted by Gasteiger charge is 2.18. The number of rotatable bonds is 8. The Hall–Kier alpha value is -3.23. The standard InChI is InChI=1S/C21H18Cl2N2O6/c1-27-15-9-13(10-16(28-2)20(15)29-3)21-25-24-17(31-21)11-30-18(26)8-7-12-5-4-6-14(22)19(12)23/h4-10H,11H2,1-3H3. The van der Waals surface area contributed by atoms with Crippen molar-refractivity contribution in [3.8, 4) is 28.7 Å². The summed E-state index contributed by atoms with van der Waals surface area (Å²) < 4.78 is 26.6. The molecule has 3 rings (SSSR count). The van der Waals surface area contributed by atoms with Crippen molar-refractivity contribution in [1.82, 2.24) is 10.2 Å². The Labute approximate surface area is 188 Å². The number of aromatic nitrogens is 2. The lowest BCUT2D eigenvalue weighted by Crippen LogP contribution is -2.01.